The van der Waals surface area contributed by atoms with Crippen LogP contribution < -0.4 is 9.64 Å². The number of methoxy groups -OCH3 is 1. The third-order valence-electron chi connectivity index (χ3n) is 3.60. The third kappa shape index (κ3) is 1.87. The molecule has 1 aromatic carbocycles. The summed E-state index contributed by atoms with van der Waals surface area (Å²) in [5.41, 5.74) is 0.766. The van der Waals surface area contributed by atoms with Crippen LogP contribution in [-0.2, 0) is 4.79 Å². The SMILES string of the molecule is COc1ccc(N2C(=O)[C@H](CO)[C@@H]2c2ccco2)cc1. The first kappa shape index (κ1) is 12.7. The van der Waals surface area contributed by atoms with Gasteiger partial charge in [0.2, 0.25) is 5.91 Å². The maximum Gasteiger partial charge on any atom is 0.235 e. The molecule has 1 N–H and O–H groups in total. The summed E-state index contributed by atoms with van der Waals surface area (Å²) in [7, 11) is 1.59. The molecule has 1 fully saturated rings. The Bertz CT molecular complexity index is 591. The normalized spacial score (nSPS) is 21.7. The Morgan fingerprint density at radius 3 is 2.60 bits per heavy atom. The fourth-order valence-corrected chi connectivity index (χ4v) is 2.54. The number of ether oxygens (including phenoxy) is 1. The smallest absolute Gasteiger partial charge is 0.235 e. The van der Waals surface area contributed by atoms with Crippen molar-refractivity contribution in [2.75, 3.05) is 18.6 Å². The molecule has 2 heterocycles. The number of rotatable bonds is 4. The second-order valence-corrected chi connectivity index (χ2v) is 4.66. The number of furan rings is 1. The largest absolute Gasteiger partial charge is 0.497 e. The number of amides is 1. The topological polar surface area (TPSA) is 62.9 Å². The van der Waals surface area contributed by atoms with Gasteiger partial charge in [-0.05, 0) is 36.4 Å². The molecule has 0 radical (unpaired) electrons. The minimum Gasteiger partial charge on any atom is -0.497 e. The molecule has 3 rings (SSSR count). The van der Waals surface area contributed by atoms with E-state index in [1.165, 1.54) is 0 Å². The maximum absolute atomic E-state index is 12.1. The van der Waals surface area contributed by atoms with Crippen LogP contribution in [0.3, 0.4) is 0 Å². The van der Waals surface area contributed by atoms with Gasteiger partial charge in [-0.3, -0.25) is 4.79 Å². The quantitative estimate of drug-likeness (QED) is 0.865. The number of carbonyl (C=O) groups is 1. The number of aliphatic hydroxyl groups excluding tert-OH is 1. The van der Waals surface area contributed by atoms with E-state index in [-0.39, 0.29) is 18.6 Å². The van der Waals surface area contributed by atoms with Crippen molar-refractivity contribution in [2.24, 2.45) is 5.92 Å². The number of aliphatic hydroxyl groups is 1. The molecule has 1 amide bonds. The molecule has 1 aliphatic rings. The molecular formula is C15H15NO4. The first-order valence-corrected chi connectivity index (χ1v) is 6.37. The second kappa shape index (κ2) is 5.02. The van der Waals surface area contributed by atoms with E-state index in [1.807, 2.05) is 18.2 Å². The number of hydrogen-bond donors (Lipinski definition) is 1. The first-order chi connectivity index (χ1) is 9.76. The van der Waals surface area contributed by atoms with Crippen LogP contribution in [0.15, 0.2) is 47.1 Å². The lowest BCUT2D eigenvalue weighted by atomic mass is 9.85. The number of nitrogens with zero attached hydrogens (tertiary/aromatic N) is 1. The van der Waals surface area contributed by atoms with Gasteiger partial charge in [0.05, 0.1) is 25.9 Å². The average Bonchev–Trinajstić information content (AvgIpc) is 2.99. The summed E-state index contributed by atoms with van der Waals surface area (Å²) in [6.07, 6.45) is 1.57. The molecule has 0 saturated carbocycles. The lowest BCUT2D eigenvalue weighted by molar-refractivity contribution is -0.132. The fraction of sp³-hybridized carbons (Fsp3) is 0.267. The Hall–Kier alpha value is -2.27. The zero-order chi connectivity index (χ0) is 14.1. The van der Waals surface area contributed by atoms with Crippen molar-refractivity contribution in [2.45, 2.75) is 6.04 Å². The molecule has 1 aliphatic heterocycles. The Morgan fingerprint density at radius 2 is 2.05 bits per heavy atom. The predicted octanol–water partition coefficient (Wildman–Crippen LogP) is 1.98. The molecule has 1 aromatic heterocycles. The third-order valence-corrected chi connectivity index (χ3v) is 3.60. The van der Waals surface area contributed by atoms with Crippen molar-refractivity contribution >= 4 is 11.6 Å². The van der Waals surface area contributed by atoms with Gasteiger partial charge in [-0.2, -0.15) is 0 Å². The molecule has 0 bridgehead atoms. The molecule has 0 spiro atoms. The monoisotopic (exact) mass is 273 g/mol. The van der Waals surface area contributed by atoms with Crippen molar-refractivity contribution in [1.29, 1.82) is 0 Å². The fourth-order valence-electron chi connectivity index (χ4n) is 2.54. The van der Waals surface area contributed by atoms with Crippen LogP contribution in [-0.4, -0.2) is 24.7 Å². The Balaban J connectivity index is 1.92. The first-order valence-electron chi connectivity index (χ1n) is 6.37. The summed E-state index contributed by atoms with van der Waals surface area (Å²) in [6, 6.07) is 10.6. The van der Waals surface area contributed by atoms with Crippen molar-refractivity contribution in [1.82, 2.24) is 0 Å². The highest BCUT2D eigenvalue weighted by Gasteiger charge is 2.49. The van der Waals surface area contributed by atoms with E-state index in [0.717, 1.165) is 11.4 Å². The molecule has 0 unspecified atom stereocenters. The Morgan fingerprint density at radius 1 is 1.30 bits per heavy atom. The van der Waals surface area contributed by atoms with Crippen LogP contribution in [0.2, 0.25) is 0 Å². The van der Waals surface area contributed by atoms with Crippen molar-refractivity contribution in [3.8, 4) is 5.75 Å². The van der Waals surface area contributed by atoms with Crippen LogP contribution >= 0.6 is 0 Å². The zero-order valence-corrected chi connectivity index (χ0v) is 11.0. The van der Waals surface area contributed by atoms with Gasteiger partial charge >= 0.3 is 0 Å². The van der Waals surface area contributed by atoms with Gasteiger partial charge in [0.25, 0.3) is 0 Å². The van der Waals surface area contributed by atoms with Crippen molar-refractivity contribution < 1.29 is 19.1 Å². The van der Waals surface area contributed by atoms with Gasteiger partial charge in [-0.25, -0.2) is 0 Å². The lowest BCUT2D eigenvalue weighted by Gasteiger charge is -2.45. The average molecular weight is 273 g/mol. The van der Waals surface area contributed by atoms with Gasteiger partial charge in [-0.1, -0.05) is 0 Å². The molecule has 5 nitrogen and oxygen atoms in total. The summed E-state index contributed by atoms with van der Waals surface area (Å²) >= 11 is 0. The lowest BCUT2D eigenvalue weighted by Crippen LogP contribution is -2.56. The van der Waals surface area contributed by atoms with E-state index in [2.05, 4.69) is 0 Å². The molecule has 0 aliphatic carbocycles. The van der Waals surface area contributed by atoms with E-state index < -0.39 is 5.92 Å². The molecule has 1 saturated heterocycles. The Labute approximate surface area is 116 Å². The standard InChI is InChI=1S/C15H15NO4/c1-19-11-6-4-10(5-7-11)16-14(12(9-17)15(16)18)13-3-2-8-20-13/h2-8,12,14,17H,9H2,1H3/t12-,14-/m1/s1. The highest BCUT2D eigenvalue weighted by atomic mass is 16.5. The number of benzene rings is 1. The van der Waals surface area contributed by atoms with Crippen molar-refractivity contribution in [3.05, 3.63) is 48.4 Å². The summed E-state index contributed by atoms with van der Waals surface area (Å²) < 4.78 is 10.5. The highest BCUT2D eigenvalue weighted by Crippen LogP contribution is 2.43. The molecule has 2 atom stereocenters. The molecular weight excluding hydrogens is 258 g/mol. The van der Waals surface area contributed by atoms with Gasteiger partial charge in [-0.15, -0.1) is 0 Å². The second-order valence-electron chi connectivity index (χ2n) is 4.66. The van der Waals surface area contributed by atoms with Gasteiger partial charge in [0.1, 0.15) is 17.6 Å². The summed E-state index contributed by atoms with van der Waals surface area (Å²) in [5.74, 6) is 0.872. The maximum atomic E-state index is 12.1. The van der Waals surface area contributed by atoms with Crippen molar-refractivity contribution in [3.63, 3.8) is 0 Å². The van der Waals surface area contributed by atoms with Crippen LogP contribution in [0.4, 0.5) is 5.69 Å². The van der Waals surface area contributed by atoms with E-state index in [9.17, 15) is 9.90 Å². The molecule has 20 heavy (non-hydrogen) atoms. The minimum atomic E-state index is -0.441. The number of β-lactam (4-membered cyclic amide) rings is 1. The van der Waals surface area contributed by atoms with Crippen LogP contribution in [0, 0.1) is 5.92 Å². The molecule has 104 valence electrons. The van der Waals surface area contributed by atoms with Gasteiger partial charge < -0.3 is 19.2 Å². The number of anilines is 1. The van der Waals surface area contributed by atoms with Crippen LogP contribution in [0.25, 0.3) is 0 Å². The predicted molar refractivity (Wildman–Crippen MR) is 72.5 cm³/mol. The van der Waals surface area contributed by atoms with Crippen LogP contribution in [0.5, 0.6) is 5.75 Å². The summed E-state index contributed by atoms with van der Waals surface area (Å²) in [5, 5.41) is 9.36. The van der Waals surface area contributed by atoms with Crippen LogP contribution in [0.1, 0.15) is 11.8 Å². The Kier molecular flexibility index (Phi) is 3.20. The zero-order valence-electron chi connectivity index (χ0n) is 11.0. The van der Waals surface area contributed by atoms with Gasteiger partial charge in [0.15, 0.2) is 0 Å². The summed E-state index contributed by atoms with van der Waals surface area (Å²) in [4.78, 5) is 13.8. The highest BCUT2D eigenvalue weighted by molar-refractivity contribution is 6.03. The van der Waals surface area contributed by atoms with E-state index >= 15 is 0 Å². The molecule has 5 heteroatoms. The van der Waals surface area contributed by atoms with E-state index in [0.29, 0.717) is 5.76 Å². The number of hydrogen-bond acceptors (Lipinski definition) is 4. The minimum absolute atomic E-state index is 0.0981. The van der Waals surface area contributed by atoms with E-state index in [4.69, 9.17) is 9.15 Å². The van der Waals surface area contributed by atoms with Gasteiger partial charge in [0, 0.05) is 5.69 Å². The number of carbonyl (C=O) groups excluding carboxylic acids is 1. The van der Waals surface area contributed by atoms with E-state index in [1.54, 1.807) is 36.5 Å². The molecule has 2 aromatic rings. The summed E-state index contributed by atoms with van der Waals surface area (Å²) in [6.45, 7) is -0.184.